The van der Waals surface area contributed by atoms with Crippen molar-refractivity contribution in [2.24, 2.45) is 12.2 Å². The predicted molar refractivity (Wildman–Crippen MR) is 111 cm³/mol. The first-order valence-corrected chi connectivity index (χ1v) is 9.26. The lowest BCUT2D eigenvalue weighted by Crippen LogP contribution is -2.33. The van der Waals surface area contributed by atoms with E-state index >= 15 is 0 Å². The number of rotatable bonds is 7. The van der Waals surface area contributed by atoms with Crippen LogP contribution in [0.5, 0.6) is 0 Å². The van der Waals surface area contributed by atoms with Crippen molar-refractivity contribution >= 4 is 5.97 Å². The van der Waals surface area contributed by atoms with E-state index in [9.17, 15) is 19.6 Å². The molecular weight excluding hydrogens is 368 g/mol. The van der Waals surface area contributed by atoms with E-state index in [0.717, 1.165) is 22.3 Å². The van der Waals surface area contributed by atoms with Crippen molar-refractivity contribution < 1.29 is 9.90 Å². The zero-order chi connectivity index (χ0) is 21.0. The van der Waals surface area contributed by atoms with Gasteiger partial charge in [0.05, 0.1) is 12.1 Å². The lowest BCUT2D eigenvalue weighted by Gasteiger charge is -2.36. The molecule has 0 bridgehead atoms. The molecule has 0 fully saturated rings. The summed E-state index contributed by atoms with van der Waals surface area (Å²) in [5.41, 5.74) is 2.95. The molecule has 0 radical (unpaired) electrons. The van der Waals surface area contributed by atoms with E-state index in [4.69, 9.17) is 0 Å². The van der Waals surface area contributed by atoms with Crippen molar-refractivity contribution in [3.63, 3.8) is 0 Å². The third kappa shape index (κ3) is 3.74. The SMILES string of the molecule is Cc1ccccc1C(CCN=O)(c1ccc(C(=O)O)cc1)c1ccc(=O)n(C)c1. The number of carboxylic acids is 1. The zero-order valence-electron chi connectivity index (χ0n) is 16.3. The Bertz CT molecular complexity index is 1100. The molecule has 0 spiro atoms. The molecule has 1 heterocycles. The van der Waals surface area contributed by atoms with Gasteiger partial charge < -0.3 is 9.67 Å². The fraction of sp³-hybridized carbons (Fsp3) is 0.217. The number of aromatic carboxylic acids is 1. The molecule has 0 saturated heterocycles. The van der Waals surface area contributed by atoms with Gasteiger partial charge in [-0.15, -0.1) is 0 Å². The summed E-state index contributed by atoms with van der Waals surface area (Å²) in [5.74, 6) is -1.00. The van der Waals surface area contributed by atoms with Gasteiger partial charge in [-0.3, -0.25) is 4.79 Å². The lowest BCUT2D eigenvalue weighted by atomic mass is 9.66. The van der Waals surface area contributed by atoms with Crippen molar-refractivity contribution in [2.45, 2.75) is 18.8 Å². The smallest absolute Gasteiger partial charge is 0.335 e. The van der Waals surface area contributed by atoms with Gasteiger partial charge in [-0.2, -0.15) is 4.91 Å². The zero-order valence-corrected chi connectivity index (χ0v) is 16.3. The summed E-state index contributed by atoms with van der Waals surface area (Å²) in [6.45, 7) is 2.06. The predicted octanol–water partition coefficient (Wildman–Crippen LogP) is 3.88. The molecule has 6 nitrogen and oxygen atoms in total. The molecule has 0 aliphatic carbocycles. The molecule has 148 valence electrons. The molecule has 1 N–H and O–H groups in total. The molecule has 0 aliphatic rings. The molecule has 29 heavy (non-hydrogen) atoms. The van der Waals surface area contributed by atoms with Gasteiger partial charge in [-0.05, 0) is 47.7 Å². The van der Waals surface area contributed by atoms with Gasteiger partial charge in [0, 0.05) is 24.7 Å². The Labute approximate surface area is 168 Å². The minimum absolute atomic E-state index is 0.0673. The summed E-state index contributed by atoms with van der Waals surface area (Å²) < 4.78 is 1.50. The fourth-order valence-electron chi connectivity index (χ4n) is 3.91. The third-order valence-electron chi connectivity index (χ3n) is 5.39. The van der Waals surface area contributed by atoms with Crippen LogP contribution in [0.1, 0.15) is 39.0 Å². The average Bonchev–Trinajstić information content (AvgIpc) is 2.72. The first-order chi connectivity index (χ1) is 13.9. The van der Waals surface area contributed by atoms with E-state index in [-0.39, 0.29) is 17.7 Å². The maximum atomic E-state index is 12.0. The van der Waals surface area contributed by atoms with Crippen molar-refractivity contribution in [2.75, 3.05) is 6.54 Å². The maximum absolute atomic E-state index is 12.0. The molecule has 3 aromatic rings. The van der Waals surface area contributed by atoms with Crippen LogP contribution in [0.4, 0.5) is 0 Å². The second-order valence-electron chi connectivity index (χ2n) is 7.07. The molecule has 1 unspecified atom stereocenters. The number of aromatic nitrogens is 1. The second kappa shape index (κ2) is 8.22. The second-order valence-corrected chi connectivity index (χ2v) is 7.07. The quantitative estimate of drug-likeness (QED) is 0.620. The topological polar surface area (TPSA) is 88.7 Å². The number of carbonyl (C=O) groups is 1. The summed E-state index contributed by atoms with van der Waals surface area (Å²) in [5, 5.41) is 12.4. The van der Waals surface area contributed by atoms with Gasteiger partial charge in [0.25, 0.3) is 0 Å². The summed E-state index contributed by atoms with van der Waals surface area (Å²) >= 11 is 0. The summed E-state index contributed by atoms with van der Waals surface area (Å²) in [6.07, 6.45) is 2.15. The van der Waals surface area contributed by atoms with Crippen LogP contribution < -0.4 is 5.56 Å². The highest BCUT2D eigenvalue weighted by Crippen LogP contribution is 2.43. The van der Waals surface area contributed by atoms with Crippen molar-refractivity contribution in [3.05, 3.63) is 110 Å². The maximum Gasteiger partial charge on any atom is 0.335 e. The Hall–Kier alpha value is -3.54. The third-order valence-corrected chi connectivity index (χ3v) is 5.39. The van der Waals surface area contributed by atoms with E-state index in [1.807, 2.05) is 31.2 Å². The number of benzene rings is 2. The van der Waals surface area contributed by atoms with Gasteiger partial charge in [0.15, 0.2) is 0 Å². The standard InChI is InChI=1S/C23H22N2O4/c1-16-5-3-4-6-20(16)23(13-14-24-29,19-11-12-21(26)25(2)15-19)18-9-7-17(8-10-18)22(27)28/h3-12,15H,13-14H2,1-2H3,(H,27,28). The number of nitroso groups, excluding NO2 is 1. The van der Waals surface area contributed by atoms with Crippen molar-refractivity contribution in [3.8, 4) is 0 Å². The van der Waals surface area contributed by atoms with Crippen LogP contribution in [0.2, 0.25) is 0 Å². The van der Waals surface area contributed by atoms with Crippen molar-refractivity contribution in [1.82, 2.24) is 4.57 Å². The Kier molecular flexibility index (Phi) is 5.73. The summed E-state index contributed by atoms with van der Waals surface area (Å²) in [6, 6.07) is 17.8. The lowest BCUT2D eigenvalue weighted by molar-refractivity contribution is 0.0697. The Morgan fingerprint density at radius 3 is 2.28 bits per heavy atom. The van der Waals surface area contributed by atoms with Gasteiger partial charge in [0.1, 0.15) is 0 Å². The van der Waals surface area contributed by atoms with Crippen molar-refractivity contribution in [1.29, 1.82) is 0 Å². The largest absolute Gasteiger partial charge is 0.478 e. The van der Waals surface area contributed by atoms with E-state index < -0.39 is 11.4 Å². The number of nitrogens with zero attached hydrogens (tertiary/aromatic N) is 2. The molecule has 1 aromatic heterocycles. The molecule has 0 amide bonds. The average molecular weight is 390 g/mol. The first-order valence-electron chi connectivity index (χ1n) is 9.26. The van der Waals surface area contributed by atoms with Crippen LogP contribution in [-0.2, 0) is 12.5 Å². The van der Waals surface area contributed by atoms with Crippen LogP contribution in [0, 0.1) is 11.8 Å². The van der Waals surface area contributed by atoms with Crippen LogP contribution in [0.3, 0.4) is 0 Å². The molecule has 3 rings (SSSR count). The molecule has 2 aromatic carbocycles. The van der Waals surface area contributed by atoms with Gasteiger partial charge in [-0.1, -0.05) is 47.6 Å². The van der Waals surface area contributed by atoms with Crippen LogP contribution in [0.15, 0.2) is 76.8 Å². The molecule has 0 saturated carbocycles. The summed E-state index contributed by atoms with van der Waals surface area (Å²) in [7, 11) is 1.68. The van der Waals surface area contributed by atoms with Crippen LogP contribution in [0.25, 0.3) is 0 Å². The molecule has 0 aliphatic heterocycles. The minimum Gasteiger partial charge on any atom is -0.478 e. The van der Waals surface area contributed by atoms with Crippen LogP contribution in [-0.4, -0.2) is 22.2 Å². The minimum atomic E-state index is -1.00. The highest BCUT2D eigenvalue weighted by molar-refractivity contribution is 5.87. The molecule has 6 heteroatoms. The normalized spacial score (nSPS) is 12.9. The Balaban J connectivity index is 2.37. The van der Waals surface area contributed by atoms with Gasteiger partial charge in [-0.25, -0.2) is 4.79 Å². The van der Waals surface area contributed by atoms with E-state index in [0.29, 0.717) is 6.42 Å². The summed E-state index contributed by atoms with van der Waals surface area (Å²) in [4.78, 5) is 34.4. The highest BCUT2D eigenvalue weighted by Gasteiger charge is 2.37. The number of carboxylic acid groups (broad SMARTS) is 1. The number of hydrogen-bond acceptors (Lipinski definition) is 4. The first kappa shape index (κ1) is 20.2. The van der Waals surface area contributed by atoms with E-state index in [1.54, 1.807) is 43.6 Å². The fourth-order valence-corrected chi connectivity index (χ4v) is 3.91. The van der Waals surface area contributed by atoms with Gasteiger partial charge >= 0.3 is 5.97 Å². The van der Waals surface area contributed by atoms with Gasteiger partial charge in [0.2, 0.25) is 5.56 Å². The molecular formula is C23H22N2O4. The number of aryl methyl sites for hydroxylation is 2. The molecule has 1 atom stereocenters. The van der Waals surface area contributed by atoms with Crippen LogP contribution >= 0.6 is 0 Å². The Morgan fingerprint density at radius 2 is 1.69 bits per heavy atom. The Morgan fingerprint density at radius 1 is 1.03 bits per heavy atom. The number of pyridine rings is 1. The van der Waals surface area contributed by atoms with E-state index in [1.165, 1.54) is 10.6 Å². The number of hydrogen-bond donors (Lipinski definition) is 1. The highest BCUT2D eigenvalue weighted by atomic mass is 16.4. The van der Waals surface area contributed by atoms with E-state index in [2.05, 4.69) is 5.18 Å². The monoisotopic (exact) mass is 390 g/mol.